The van der Waals surface area contributed by atoms with E-state index in [1.807, 2.05) is 24.3 Å². The number of hydrogen-bond acceptors (Lipinski definition) is 3. The molecule has 0 radical (unpaired) electrons. The van der Waals surface area contributed by atoms with Crippen LogP contribution in [-0.2, 0) is 12.8 Å². The third-order valence-electron chi connectivity index (χ3n) is 3.94. The van der Waals surface area contributed by atoms with Crippen molar-refractivity contribution in [3.05, 3.63) is 69.8 Å². The Kier molecular flexibility index (Phi) is 5.74. The minimum atomic E-state index is -0.369. The molecular formula is C19H23NO3. The summed E-state index contributed by atoms with van der Waals surface area (Å²) in [6.45, 7) is 4.42. The Morgan fingerprint density at radius 1 is 0.957 bits per heavy atom. The maximum atomic E-state index is 10.7. The molecule has 0 amide bonds. The van der Waals surface area contributed by atoms with Crippen LogP contribution in [0.1, 0.15) is 31.4 Å². The third kappa shape index (κ3) is 5.40. The molecule has 122 valence electrons. The molecular weight excluding hydrogens is 290 g/mol. The summed E-state index contributed by atoms with van der Waals surface area (Å²) in [5.41, 5.74) is 2.46. The minimum Gasteiger partial charge on any atom is -0.508 e. The van der Waals surface area contributed by atoms with Crippen molar-refractivity contribution in [1.82, 2.24) is 0 Å². The predicted molar refractivity (Wildman–Crippen MR) is 91.6 cm³/mol. The number of rotatable bonds is 7. The van der Waals surface area contributed by atoms with Crippen molar-refractivity contribution in [2.45, 2.75) is 33.1 Å². The van der Waals surface area contributed by atoms with Gasteiger partial charge in [-0.25, -0.2) is 0 Å². The number of nitro groups is 1. The summed E-state index contributed by atoms with van der Waals surface area (Å²) in [6, 6.07) is 14.2. The van der Waals surface area contributed by atoms with E-state index in [4.69, 9.17) is 0 Å². The molecule has 2 aromatic carbocycles. The maximum absolute atomic E-state index is 10.7. The summed E-state index contributed by atoms with van der Waals surface area (Å²) in [5.74, 6) is 1.35. The van der Waals surface area contributed by atoms with Crippen LogP contribution >= 0.6 is 0 Å². The highest BCUT2D eigenvalue weighted by Gasteiger charge is 2.14. The van der Waals surface area contributed by atoms with Gasteiger partial charge in [-0.15, -0.1) is 0 Å². The van der Waals surface area contributed by atoms with E-state index >= 15 is 0 Å². The van der Waals surface area contributed by atoms with Gasteiger partial charge >= 0.3 is 0 Å². The highest BCUT2D eigenvalue weighted by atomic mass is 16.6. The molecule has 0 bridgehead atoms. The van der Waals surface area contributed by atoms with Gasteiger partial charge in [0.15, 0.2) is 0 Å². The van der Waals surface area contributed by atoms with E-state index in [9.17, 15) is 15.2 Å². The van der Waals surface area contributed by atoms with Gasteiger partial charge in [0.25, 0.3) is 5.69 Å². The van der Waals surface area contributed by atoms with E-state index in [1.165, 1.54) is 5.56 Å². The number of aromatic hydroxyl groups is 1. The molecule has 0 aromatic heterocycles. The summed E-state index contributed by atoms with van der Waals surface area (Å²) in [5, 5.41) is 20.1. The van der Waals surface area contributed by atoms with Crippen LogP contribution in [0.5, 0.6) is 5.75 Å². The lowest BCUT2D eigenvalue weighted by atomic mass is 9.86. The van der Waals surface area contributed by atoms with Crippen molar-refractivity contribution in [1.29, 1.82) is 0 Å². The average molecular weight is 313 g/mol. The van der Waals surface area contributed by atoms with Crippen molar-refractivity contribution >= 4 is 5.69 Å². The van der Waals surface area contributed by atoms with E-state index in [2.05, 4.69) is 13.8 Å². The van der Waals surface area contributed by atoms with Gasteiger partial charge in [-0.3, -0.25) is 10.1 Å². The first-order valence-corrected chi connectivity index (χ1v) is 7.95. The van der Waals surface area contributed by atoms with Crippen LogP contribution < -0.4 is 0 Å². The Morgan fingerprint density at radius 3 is 1.87 bits per heavy atom. The SMILES string of the molecule is CC(C)CC(Cc1ccc(O)cc1)Cc1ccc([N+](=O)[O-])cc1. The van der Waals surface area contributed by atoms with Gasteiger partial charge in [-0.1, -0.05) is 38.1 Å². The fourth-order valence-corrected chi connectivity index (χ4v) is 2.96. The van der Waals surface area contributed by atoms with E-state index in [0.29, 0.717) is 11.8 Å². The first kappa shape index (κ1) is 17.0. The lowest BCUT2D eigenvalue weighted by molar-refractivity contribution is -0.384. The van der Waals surface area contributed by atoms with Crippen molar-refractivity contribution in [3.8, 4) is 5.75 Å². The number of phenols is 1. The first-order chi connectivity index (χ1) is 10.9. The molecule has 4 heteroatoms. The molecule has 4 nitrogen and oxygen atoms in total. The van der Waals surface area contributed by atoms with Crippen LogP contribution in [-0.4, -0.2) is 10.0 Å². The predicted octanol–water partition coefficient (Wildman–Crippen LogP) is 4.75. The lowest BCUT2D eigenvalue weighted by Crippen LogP contribution is -2.11. The van der Waals surface area contributed by atoms with Crippen LogP contribution in [0.2, 0.25) is 0 Å². The highest BCUT2D eigenvalue weighted by Crippen LogP contribution is 2.24. The van der Waals surface area contributed by atoms with E-state index in [1.54, 1.807) is 24.3 Å². The van der Waals surface area contributed by atoms with Gasteiger partial charge < -0.3 is 5.11 Å². The smallest absolute Gasteiger partial charge is 0.269 e. The van der Waals surface area contributed by atoms with Crippen LogP contribution in [0, 0.1) is 22.0 Å². The van der Waals surface area contributed by atoms with Crippen LogP contribution in [0.15, 0.2) is 48.5 Å². The highest BCUT2D eigenvalue weighted by molar-refractivity contribution is 5.33. The van der Waals surface area contributed by atoms with Gasteiger partial charge in [-0.2, -0.15) is 0 Å². The molecule has 0 aliphatic carbocycles. The number of benzene rings is 2. The molecule has 23 heavy (non-hydrogen) atoms. The number of nitro benzene ring substituents is 1. The number of phenolic OH excluding ortho intramolecular Hbond substituents is 1. The molecule has 1 atom stereocenters. The summed E-state index contributed by atoms with van der Waals surface area (Å²) in [7, 11) is 0. The second-order valence-electron chi connectivity index (χ2n) is 6.49. The second kappa shape index (κ2) is 7.77. The molecule has 2 aromatic rings. The van der Waals surface area contributed by atoms with Gasteiger partial charge in [0.2, 0.25) is 0 Å². The van der Waals surface area contributed by atoms with Crippen molar-refractivity contribution in [2.24, 2.45) is 11.8 Å². The van der Waals surface area contributed by atoms with Crippen molar-refractivity contribution in [2.75, 3.05) is 0 Å². The van der Waals surface area contributed by atoms with Crippen LogP contribution in [0.3, 0.4) is 0 Å². The fraction of sp³-hybridized carbons (Fsp3) is 0.368. The quantitative estimate of drug-likeness (QED) is 0.592. The Bertz CT molecular complexity index is 633. The van der Waals surface area contributed by atoms with E-state index in [0.717, 1.165) is 24.8 Å². The van der Waals surface area contributed by atoms with Gasteiger partial charge in [0, 0.05) is 12.1 Å². The maximum Gasteiger partial charge on any atom is 0.269 e. The Labute approximate surface area is 136 Å². The average Bonchev–Trinajstić information content (AvgIpc) is 2.49. The Balaban J connectivity index is 2.08. The van der Waals surface area contributed by atoms with Crippen molar-refractivity contribution in [3.63, 3.8) is 0 Å². The summed E-state index contributed by atoms with van der Waals surface area (Å²) in [6.07, 6.45) is 2.93. The van der Waals surface area contributed by atoms with E-state index < -0.39 is 0 Å². The normalized spacial score (nSPS) is 12.3. The summed E-state index contributed by atoms with van der Waals surface area (Å²) >= 11 is 0. The molecule has 2 rings (SSSR count). The summed E-state index contributed by atoms with van der Waals surface area (Å²) in [4.78, 5) is 10.4. The zero-order valence-corrected chi connectivity index (χ0v) is 13.6. The zero-order valence-electron chi connectivity index (χ0n) is 13.6. The molecule has 1 unspecified atom stereocenters. The van der Waals surface area contributed by atoms with Crippen LogP contribution in [0.25, 0.3) is 0 Å². The Hall–Kier alpha value is -2.36. The monoisotopic (exact) mass is 313 g/mol. The van der Waals surface area contributed by atoms with Gasteiger partial charge in [0.1, 0.15) is 5.75 Å². The molecule has 0 heterocycles. The molecule has 0 aliphatic rings. The molecule has 0 saturated heterocycles. The Morgan fingerprint density at radius 2 is 1.43 bits per heavy atom. The number of non-ortho nitro benzene ring substituents is 1. The lowest BCUT2D eigenvalue weighted by Gasteiger charge is -2.19. The number of hydrogen-bond donors (Lipinski definition) is 1. The fourth-order valence-electron chi connectivity index (χ4n) is 2.96. The van der Waals surface area contributed by atoms with Gasteiger partial charge in [0.05, 0.1) is 4.92 Å². The van der Waals surface area contributed by atoms with E-state index in [-0.39, 0.29) is 16.4 Å². The third-order valence-corrected chi connectivity index (χ3v) is 3.94. The standard InChI is InChI=1S/C19H23NO3/c1-14(2)11-17(13-16-5-9-19(21)10-6-16)12-15-3-7-18(8-4-15)20(22)23/h3-10,14,17,21H,11-13H2,1-2H3. The minimum absolute atomic E-state index is 0.132. The summed E-state index contributed by atoms with van der Waals surface area (Å²) < 4.78 is 0. The molecule has 0 saturated carbocycles. The number of nitrogens with zero attached hydrogens (tertiary/aromatic N) is 1. The van der Waals surface area contributed by atoms with Gasteiger partial charge in [-0.05, 0) is 54.4 Å². The van der Waals surface area contributed by atoms with Crippen LogP contribution in [0.4, 0.5) is 5.69 Å². The molecule has 0 aliphatic heterocycles. The first-order valence-electron chi connectivity index (χ1n) is 7.95. The second-order valence-corrected chi connectivity index (χ2v) is 6.49. The molecule has 1 N–H and O–H groups in total. The van der Waals surface area contributed by atoms with Crippen molar-refractivity contribution < 1.29 is 10.0 Å². The zero-order chi connectivity index (χ0) is 16.8. The molecule has 0 spiro atoms. The molecule has 0 fully saturated rings. The topological polar surface area (TPSA) is 63.4 Å². The largest absolute Gasteiger partial charge is 0.508 e.